The Labute approximate surface area is 193 Å². The third-order valence-electron chi connectivity index (χ3n) is 5.08. The third kappa shape index (κ3) is 5.40. The van der Waals surface area contributed by atoms with Crippen molar-refractivity contribution in [3.63, 3.8) is 0 Å². The molecule has 0 unspecified atom stereocenters. The van der Waals surface area contributed by atoms with Crippen LogP contribution in [-0.2, 0) is 12.8 Å². The van der Waals surface area contributed by atoms with Gasteiger partial charge in [0.1, 0.15) is 28.7 Å². The van der Waals surface area contributed by atoms with E-state index in [1.807, 2.05) is 53.7 Å². The number of aromatic hydroxyl groups is 4. The van der Waals surface area contributed by atoms with E-state index in [-0.39, 0.29) is 51.5 Å². The van der Waals surface area contributed by atoms with E-state index in [9.17, 15) is 25.2 Å². The van der Waals surface area contributed by atoms with Crippen LogP contribution in [0, 0.1) is 0 Å². The maximum absolute atomic E-state index is 13.4. The molecule has 0 fully saturated rings. The van der Waals surface area contributed by atoms with E-state index in [1.54, 1.807) is 0 Å². The van der Waals surface area contributed by atoms with Crippen molar-refractivity contribution < 1.29 is 24.8 Å². The fraction of sp³-hybridized carbons (Fsp3) is 0.296. The second-order valence-electron chi connectivity index (χ2n) is 8.01. The highest BCUT2D eigenvalue weighted by Gasteiger charge is 2.23. The van der Waals surface area contributed by atoms with Crippen LogP contribution in [0.5, 0.6) is 23.0 Å². The zero-order valence-electron chi connectivity index (χ0n) is 20.0. The van der Waals surface area contributed by atoms with Crippen LogP contribution in [0.25, 0.3) is 22.1 Å². The average molecular weight is 453 g/mol. The summed E-state index contributed by atoms with van der Waals surface area (Å²) in [4.78, 5) is 13.4. The standard InChI is InChI=1S/C25H26O6.C2H6/c1-13(2)5-8-16-22(28)17(9-6-14(3)4)25-21(23(16)29)24(30)18(12-31-25)15-7-10-19(26)20(27)11-15;1-2/h5-7,10-12,26-29H,8-9H2,1-4H3;1-2H3. The molecule has 1 aromatic heterocycles. The molecular weight excluding hydrogens is 420 g/mol. The van der Waals surface area contributed by atoms with E-state index in [0.717, 1.165) is 11.1 Å². The van der Waals surface area contributed by atoms with Crippen molar-refractivity contribution >= 4 is 11.0 Å². The summed E-state index contributed by atoms with van der Waals surface area (Å²) < 4.78 is 5.75. The molecule has 2 aromatic carbocycles. The molecule has 6 heteroatoms. The highest BCUT2D eigenvalue weighted by molar-refractivity contribution is 5.92. The summed E-state index contributed by atoms with van der Waals surface area (Å²) in [6.45, 7) is 11.7. The highest BCUT2D eigenvalue weighted by atomic mass is 16.3. The van der Waals surface area contributed by atoms with Crippen molar-refractivity contribution in [1.82, 2.24) is 0 Å². The lowest BCUT2D eigenvalue weighted by molar-refractivity contribution is 0.404. The Morgan fingerprint density at radius 3 is 1.97 bits per heavy atom. The van der Waals surface area contributed by atoms with Gasteiger partial charge in [-0.15, -0.1) is 0 Å². The molecule has 0 amide bonds. The quantitative estimate of drug-likeness (QED) is 0.266. The number of fused-ring (bicyclic) bond motifs is 1. The van der Waals surface area contributed by atoms with Crippen molar-refractivity contribution in [3.05, 3.63) is 69.1 Å². The number of benzene rings is 2. The molecule has 0 saturated heterocycles. The molecule has 0 aliphatic carbocycles. The molecule has 3 rings (SSSR count). The second-order valence-corrected chi connectivity index (χ2v) is 8.01. The van der Waals surface area contributed by atoms with Crippen molar-refractivity contribution in [2.45, 2.75) is 54.4 Å². The van der Waals surface area contributed by atoms with Gasteiger partial charge in [-0.25, -0.2) is 0 Å². The van der Waals surface area contributed by atoms with E-state index in [2.05, 4.69) is 0 Å². The largest absolute Gasteiger partial charge is 0.507 e. The maximum Gasteiger partial charge on any atom is 0.204 e. The fourth-order valence-corrected chi connectivity index (χ4v) is 3.34. The maximum atomic E-state index is 13.4. The molecule has 1 heterocycles. The average Bonchev–Trinajstić information content (AvgIpc) is 2.76. The lowest BCUT2D eigenvalue weighted by atomic mass is 9.95. The minimum Gasteiger partial charge on any atom is -0.507 e. The first-order chi connectivity index (χ1) is 15.6. The molecule has 33 heavy (non-hydrogen) atoms. The van der Waals surface area contributed by atoms with Gasteiger partial charge in [0.2, 0.25) is 5.43 Å². The van der Waals surface area contributed by atoms with E-state index in [1.165, 1.54) is 24.5 Å². The second kappa shape index (κ2) is 10.8. The zero-order chi connectivity index (χ0) is 24.9. The first-order valence-electron chi connectivity index (χ1n) is 10.9. The van der Waals surface area contributed by atoms with Gasteiger partial charge in [0, 0.05) is 11.1 Å². The Morgan fingerprint density at radius 2 is 1.42 bits per heavy atom. The van der Waals surface area contributed by atoms with Gasteiger partial charge in [-0.1, -0.05) is 43.2 Å². The smallest absolute Gasteiger partial charge is 0.204 e. The van der Waals surface area contributed by atoms with E-state index in [0.29, 0.717) is 17.5 Å². The van der Waals surface area contributed by atoms with Gasteiger partial charge in [0.25, 0.3) is 0 Å². The summed E-state index contributed by atoms with van der Waals surface area (Å²) in [6.07, 6.45) is 5.57. The lowest BCUT2D eigenvalue weighted by Crippen LogP contribution is -2.08. The SMILES string of the molecule is CC.CC(C)=CCc1c(O)c(CC=C(C)C)c2occ(-c3ccc(O)c(O)c3)c(=O)c2c1O. The number of hydrogen-bond donors (Lipinski definition) is 4. The Balaban J connectivity index is 0.00000187. The molecular formula is C27H32O6. The van der Waals surface area contributed by atoms with Gasteiger partial charge in [0.05, 0.1) is 5.56 Å². The van der Waals surface area contributed by atoms with Gasteiger partial charge in [-0.05, 0) is 58.2 Å². The molecule has 0 saturated carbocycles. The molecule has 3 aromatic rings. The molecule has 0 atom stereocenters. The number of phenolic OH excluding ortho intramolecular Hbond substituents is 4. The monoisotopic (exact) mass is 452 g/mol. The Hall–Kier alpha value is -3.67. The van der Waals surface area contributed by atoms with Crippen LogP contribution < -0.4 is 5.43 Å². The van der Waals surface area contributed by atoms with Crippen molar-refractivity contribution in [3.8, 4) is 34.1 Å². The van der Waals surface area contributed by atoms with Crippen LogP contribution >= 0.6 is 0 Å². The first kappa shape index (κ1) is 25.6. The van der Waals surface area contributed by atoms with Crippen LogP contribution in [-0.4, -0.2) is 20.4 Å². The minimum absolute atomic E-state index is 0.0304. The Bertz CT molecular complexity index is 1270. The van der Waals surface area contributed by atoms with E-state index >= 15 is 0 Å². The van der Waals surface area contributed by atoms with E-state index in [4.69, 9.17) is 4.42 Å². The molecule has 4 N–H and O–H groups in total. The number of hydrogen-bond acceptors (Lipinski definition) is 6. The molecule has 0 spiro atoms. The number of phenols is 4. The molecule has 0 bridgehead atoms. The predicted molar refractivity (Wildman–Crippen MR) is 132 cm³/mol. The summed E-state index contributed by atoms with van der Waals surface area (Å²) >= 11 is 0. The van der Waals surface area contributed by atoms with Crippen LogP contribution in [0.1, 0.15) is 52.7 Å². The van der Waals surface area contributed by atoms with Gasteiger partial charge in [-0.2, -0.15) is 0 Å². The molecule has 176 valence electrons. The first-order valence-corrected chi connectivity index (χ1v) is 10.9. The minimum atomic E-state index is -0.499. The van der Waals surface area contributed by atoms with Crippen LogP contribution in [0.2, 0.25) is 0 Å². The molecule has 0 radical (unpaired) electrons. The molecule has 0 aliphatic heterocycles. The van der Waals surface area contributed by atoms with E-state index < -0.39 is 5.43 Å². The van der Waals surface area contributed by atoms with Crippen LogP contribution in [0.15, 0.2) is 57.0 Å². The topological polar surface area (TPSA) is 111 Å². The molecule has 0 aliphatic rings. The third-order valence-corrected chi connectivity index (χ3v) is 5.08. The zero-order valence-corrected chi connectivity index (χ0v) is 20.0. The van der Waals surface area contributed by atoms with Gasteiger partial charge >= 0.3 is 0 Å². The summed E-state index contributed by atoms with van der Waals surface area (Å²) in [5, 5.41) is 41.2. The van der Waals surface area contributed by atoms with Crippen molar-refractivity contribution in [2.75, 3.05) is 0 Å². The number of allylic oxidation sites excluding steroid dienone is 4. The summed E-state index contributed by atoms with van der Waals surface area (Å²) in [5.41, 5.74) is 2.77. The summed E-state index contributed by atoms with van der Waals surface area (Å²) in [5.74, 6) is -1.11. The predicted octanol–water partition coefficient (Wildman–Crippen LogP) is 6.33. The normalized spacial score (nSPS) is 10.4. The van der Waals surface area contributed by atoms with Gasteiger partial charge < -0.3 is 24.8 Å². The van der Waals surface area contributed by atoms with Gasteiger partial charge in [0.15, 0.2) is 11.5 Å². The molecule has 6 nitrogen and oxygen atoms in total. The Kier molecular flexibility index (Phi) is 8.35. The van der Waals surface area contributed by atoms with Gasteiger partial charge in [-0.3, -0.25) is 4.79 Å². The lowest BCUT2D eigenvalue weighted by Gasteiger charge is -2.15. The van der Waals surface area contributed by atoms with Crippen LogP contribution in [0.4, 0.5) is 0 Å². The summed E-state index contributed by atoms with van der Waals surface area (Å²) in [6, 6.07) is 3.99. The Morgan fingerprint density at radius 1 is 0.848 bits per heavy atom. The highest BCUT2D eigenvalue weighted by Crippen LogP contribution is 2.40. The van der Waals surface area contributed by atoms with Crippen LogP contribution in [0.3, 0.4) is 0 Å². The van der Waals surface area contributed by atoms with Crippen molar-refractivity contribution in [1.29, 1.82) is 0 Å². The fourth-order valence-electron chi connectivity index (χ4n) is 3.34. The summed E-state index contributed by atoms with van der Waals surface area (Å²) in [7, 11) is 0. The number of rotatable bonds is 5. The van der Waals surface area contributed by atoms with Crippen molar-refractivity contribution in [2.24, 2.45) is 0 Å².